The molecule has 126 valence electrons. The molecule has 5 aliphatic rings. The molecular weight excluding hydrogens is 284 g/mol. The summed E-state index contributed by atoms with van der Waals surface area (Å²) >= 11 is 0. The standard InChI is InChI=1S/C17H28O5/c1-5-13-16(4,18)12-7-6-10(2)11-8-9-15(3)20-14(19-13)17(11,12)22-21-15/h10-14,18H,5-9H2,1-4H3/t10-,11+,12+,13-,14-,15-,16-,17-/m1/s1. The highest BCUT2D eigenvalue weighted by molar-refractivity contribution is 5.14. The van der Waals surface area contributed by atoms with E-state index in [0.29, 0.717) is 11.8 Å². The molecule has 0 amide bonds. The van der Waals surface area contributed by atoms with Gasteiger partial charge in [0.25, 0.3) is 0 Å². The van der Waals surface area contributed by atoms with E-state index >= 15 is 0 Å². The highest BCUT2D eigenvalue weighted by Gasteiger charge is 2.72. The molecular formula is C17H28O5. The van der Waals surface area contributed by atoms with Crippen molar-refractivity contribution in [2.24, 2.45) is 17.8 Å². The zero-order chi connectivity index (χ0) is 15.8. The maximum absolute atomic E-state index is 11.2. The summed E-state index contributed by atoms with van der Waals surface area (Å²) in [6.07, 6.45) is 3.90. The molecule has 2 bridgehead atoms. The van der Waals surface area contributed by atoms with Gasteiger partial charge in [0.1, 0.15) is 0 Å². The second-order valence-electron chi connectivity index (χ2n) is 8.11. The van der Waals surface area contributed by atoms with Gasteiger partial charge in [0.05, 0.1) is 11.7 Å². The van der Waals surface area contributed by atoms with Gasteiger partial charge in [0.15, 0.2) is 11.9 Å². The van der Waals surface area contributed by atoms with Crippen molar-refractivity contribution in [3.05, 3.63) is 0 Å². The van der Waals surface area contributed by atoms with Gasteiger partial charge in [-0.1, -0.05) is 13.8 Å². The van der Waals surface area contributed by atoms with E-state index in [9.17, 15) is 5.11 Å². The third kappa shape index (κ3) is 1.77. The second kappa shape index (κ2) is 4.67. The highest BCUT2D eigenvalue weighted by atomic mass is 17.3. The predicted octanol–water partition coefficient (Wildman–Crippen LogP) is 2.76. The second-order valence-corrected chi connectivity index (χ2v) is 8.11. The Hall–Kier alpha value is -0.200. The fourth-order valence-electron chi connectivity index (χ4n) is 5.49. The van der Waals surface area contributed by atoms with Crippen LogP contribution in [0.2, 0.25) is 0 Å². The van der Waals surface area contributed by atoms with Crippen molar-refractivity contribution < 1.29 is 24.4 Å². The van der Waals surface area contributed by atoms with Gasteiger partial charge in [-0.3, -0.25) is 0 Å². The van der Waals surface area contributed by atoms with Crippen LogP contribution in [0.15, 0.2) is 0 Å². The number of rotatable bonds is 1. The Bertz CT molecular complexity index is 466. The van der Waals surface area contributed by atoms with Crippen LogP contribution in [-0.4, -0.2) is 34.5 Å². The van der Waals surface area contributed by atoms with E-state index in [4.69, 9.17) is 19.2 Å². The Morgan fingerprint density at radius 2 is 1.91 bits per heavy atom. The molecule has 0 radical (unpaired) electrons. The van der Waals surface area contributed by atoms with Gasteiger partial charge >= 0.3 is 0 Å². The summed E-state index contributed by atoms with van der Waals surface area (Å²) in [6.45, 7) is 8.14. The van der Waals surface area contributed by atoms with Crippen LogP contribution >= 0.6 is 0 Å². The van der Waals surface area contributed by atoms with E-state index in [1.54, 1.807) is 0 Å². The van der Waals surface area contributed by atoms with Crippen molar-refractivity contribution in [2.45, 2.75) is 89.2 Å². The quantitative estimate of drug-likeness (QED) is 0.755. The minimum absolute atomic E-state index is 0.0208. The molecule has 22 heavy (non-hydrogen) atoms. The van der Waals surface area contributed by atoms with Crippen LogP contribution in [0.4, 0.5) is 0 Å². The van der Waals surface area contributed by atoms with E-state index in [-0.39, 0.29) is 12.0 Å². The molecule has 4 saturated heterocycles. The lowest BCUT2D eigenvalue weighted by molar-refractivity contribution is -0.576. The Kier molecular flexibility index (Phi) is 3.25. The van der Waals surface area contributed by atoms with Gasteiger partial charge in [-0.25, -0.2) is 9.78 Å². The summed E-state index contributed by atoms with van der Waals surface area (Å²) in [5, 5.41) is 11.2. The van der Waals surface area contributed by atoms with Crippen molar-refractivity contribution in [2.75, 3.05) is 0 Å². The van der Waals surface area contributed by atoms with Gasteiger partial charge in [-0.05, 0) is 51.4 Å². The Morgan fingerprint density at radius 1 is 1.14 bits per heavy atom. The van der Waals surface area contributed by atoms with Crippen LogP contribution in [0.1, 0.15) is 59.8 Å². The zero-order valence-corrected chi connectivity index (χ0v) is 14.0. The van der Waals surface area contributed by atoms with Crippen LogP contribution in [0.25, 0.3) is 0 Å². The van der Waals surface area contributed by atoms with Crippen LogP contribution in [0.5, 0.6) is 0 Å². The first-order chi connectivity index (χ1) is 10.3. The summed E-state index contributed by atoms with van der Waals surface area (Å²) in [5.41, 5.74) is -1.60. The SMILES string of the molecule is CC[C@H]1O[C@@H]2O[C@@]3(C)CC[C@H]4[C@H](C)CC[C@@H]([C@@]1(C)O)[C@@]24OO3. The molecule has 1 N–H and O–H groups in total. The molecule has 1 aliphatic carbocycles. The number of aliphatic hydroxyl groups is 1. The van der Waals surface area contributed by atoms with Crippen molar-refractivity contribution in [1.82, 2.24) is 0 Å². The van der Waals surface area contributed by atoms with Gasteiger partial charge in [0, 0.05) is 12.3 Å². The summed E-state index contributed by atoms with van der Waals surface area (Å²) < 4.78 is 12.5. The van der Waals surface area contributed by atoms with Crippen molar-refractivity contribution >= 4 is 0 Å². The smallest absolute Gasteiger partial charge is 0.201 e. The molecule has 1 spiro atoms. The molecule has 1 saturated carbocycles. The lowest BCUT2D eigenvalue weighted by Gasteiger charge is -2.62. The molecule has 4 aliphatic heterocycles. The van der Waals surface area contributed by atoms with E-state index < -0.39 is 23.3 Å². The number of hydrogen-bond donors (Lipinski definition) is 1. The van der Waals surface area contributed by atoms with E-state index in [1.807, 2.05) is 20.8 Å². The summed E-state index contributed by atoms with van der Waals surface area (Å²) in [5.74, 6) is 0.0559. The summed E-state index contributed by atoms with van der Waals surface area (Å²) in [6, 6.07) is 0. The lowest BCUT2D eigenvalue weighted by atomic mass is 9.56. The molecule has 0 aromatic carbocycles. The van der Waals surface area contributed by atoms with Crippen LogP contribution in [0.3, 0.4) is 0 Å². The van der Waals surface area contributed by atoms with Gasteiger partial charge in [-0.15, -0.1) is 0 Å². The van der Waals surface area contributed by atoms with E-state index in [1.165, 1.54) is 0 Å². The number of hydrogen-bond acceptors (Lipinski definition) is 5. The average molecular weight is 312 g/mol. The largest absolute Gasteiger partial charge is 0.387 e. The molecule has 0 aromatic heterocycles. The molecule has 0 unspecified atom stereocenters. The molecule has 4 heterocycles. The molecule has 5 heteroatoms. The topological polar surface area (TPSA) is 57.2 Å². The van der Waals surface area contributed by atoms with Crippen LogP contribution < -0.4 is 0 Å². The molecule has 0 aromatic rings. The number of fused-ring (bicyclic) bond motifs is 2. The normalized spacial score (nSPS) is 60.7. The third-order valence-corrected chi connectivity index (χ3v) is 6.73. The molecule has 5 rings (SSSR count). The maximum Gasteiger partial charge on any atom is 0.201 e. The zero-order valence-electron chi connectivity index (χ0n) is 14.0. The minimum Gasteiger partial charge on any atom is -0.387 e. The fourth-order valence-corrected chi connectivity index (χ4v) is 5.49. The Labute approximate surface area is 132 Å². The first kappa shape index (κ1) is 15.3. The van der Waals surface area contributed by atoms with Gasteiger partial charge < -0.3 is 14.6 Å². The van der Waals surface area contributed by atoms with Gasteiger partial charge in [-0.2, -0.15) is 0 Å². The summed E-state index contributed by atoms with van der Waals surface area (Å²) in [7, 11) is 0. The first-order valence-corrected chi connectivity index (χ1v) is 8.76. The van der Waals surface area contributed by atoms with Crippen LogP contribution in [-0.2, 0) is 19.2 Å². The maximum atomic E-state index is 11.2. The first-order valence-electron chi connectivity index (χ1n) is 8.76. The number of ether oxygens (including phenoxy) is 2. The third-order valence-electron chi connectivity index (χ3n) is 6.73. The van der Waals surface area contributed by atoms with Gasteiger partial charge in [0.2, 0.25) is 5.79 Å². The average Bonchev–Trinajstić information content (AvgIpc) is 2.69. The molecule has 5 nitrogen and oxygen atoms in total. The Morgan fingerprint density at radius 3 is 2.64 bits per heavy atom. The van der Waals surface area contributed by atoms with Crippen molar-refractivity contribution in [3.8, 4) is 0 Å². The minimum atomic E-state index is -0.922. The predicted molar refractivity (Wildman–Crippen MR) is 78.6 cm³/mol. The van der Waals surface area contributed by atoms with Crippen LogP contribution in [0, 0.1) is 17.8 Å². The van der Waals surface area contributed by atoms with E-state index in [0.717, 1.165) is 32.1 Å². The van der Waals surface area contributed by atoms with Crippen molar-refractivity contribution in [3.63, 3.8) is 0 Å². The molecule has 8 atom stereocenters. The molecule has 5 fully saturated rings. The monoisotopic (exact) mass is 312 g/mol. The Balaban J connectivity index is 1.83. The fraction of sp³-hybridized carbons (Fsp3) is 1.00. The van der Waals surface area contributed by atoms with Crippen molar-refractivity contribution in [1.29, 1.82) is 0 Å². The highest BCUT2D eigenvalue weighted by Crippen LogP contribution is 2.61. The lowest BCUT2D eigenvalue weighted by Crippen LogP contribution is -2.75. The van der Waals surface area contributed by atoms with E-state index in [2.05, 4.69) is 6.92 Å². The summed E-state index contributed by atoms with van der Waals surface area (Å²) in [4.78, 5) is 11.7.